The van der Waals surface area contributed by atoms with E-state index in [0.29, 0.717) is 16.6 Å². The molecule has 5 heteroatoms. The molecule has 0 radical (unpaired) electrons. The summed E-state index contributed by atoms with van der Waals surface area (Å²) in [5.41, 5.74) is -0.241. The number of aryl methyl sites for hydroxylation is 1. The highest BCUT2D eigenvalue weighted by Gasteiger charge is 2.15. The molecule has 1 aromatic heterocycles. The Kier molecular flexibility index (Phi) is 3.29. The molecule has 0 saturated carbocycles. The summed E-state index contributed by atoms with van der Waals surface area (Å²) in [7, 11) is 0. The average molecular weight is 217 g/mol. The number of nitrogens with zero attached hydrogens (tertiary/aromatic N) is 2. The lowest BCUT2D eigenvalue weighted by Gasteiger charge is -2.17. The van der Waals surface area contributed by atoms with Crippen molar-refractivity contribution in [3.63, 3.8) is 0 Å². The Morgan fingerprint density at radius 2 is 2.14 bits per heavy atom. The first kappa shape index (κ1) is 11.2. The second-order valence-electron chi connectivity index (χ2n) is 3.68. The Hall–Kier alpha value is -0.870. The number of rotatable bonds is 3. The summed E-state index contributed by atoms with van der Waals surface area (Å²) < 4.78 is 5.25. The largest absolute Gasteiger partial charge is 0.473 e. The van der Waals surface area contributed by atoms with Gasteiger partial charge in [0.1, 0.15) is 18.0 Å². The van der Waals surface area contributed by atoms with E-state index in [2.05, 4.69) is 9.97 Å². The minimum atomic E-state index is -0.901. The minimum Gasteiger partial charge on any atom is -0.473 e. The van der Waals surface area contributed by atoms with E-state index in [1.54, 1.807) is 20.8 Å². The average Bonchev–Trinajstić information content (AvgIpc) is 2.06. The van der Waals surface area contributed by atoms with E-state index < -0.39 is 5.60 Å². The second-order valence-corrected chi connectivity index (χ2v) is 4.06. The van der Waals surface area contributed by atoms with Crippen molar-refractivity contribution in [2.75, 3.05) is 6.61 Å². The van der Waals surface area contributed by atoms with Gasteiger partial charge in [-0.1, -0.05) is 11.6 Å². The fraction of sp³-hybridized carbons (Fsp3) is 0.556. The third kappa shape index (κ3) is 3.12. The van der Waals surface area contributed by atoms with Crippen LogP contribution in [0, 0.1) is 6.92 Å². The Balaban J connectivity index is 2.73. The zero-order chi connectivity index (χ0) is 10.8. The number of halogens is 1. The van der Waals surface area contributed by atoms with Crippen LogP contribution in [0.5, 0.6) is 5.88 Å². The SMILES string of the molecule is Cc1ncnc(OCC(C)(C)O)c1Cl. The van der Waals surface area contributed by atoms with Crippen LogP contribution in [0.3, 0.4) is 0 Å². The van der Waals surface area contributed by atoms with Crippen molar-refractivity contribution < 1.29 is 9.84 Å². The molecular formula is C9H13ClN2O2. The van der Waals surface area contributed by atoms with E-state index in [-0.39, 0.29) is 6.61 Å². The normalized spacial score (nSPS) is 11.5. The topological polar surface area (TPSA) is 55.2 Å². The van der Waals surface area contributed by atoms with Crippen molar-refractivity contribution in [1.82, 2.24) is 9.97 Å². The smallest absolute Gasteiger partial charge is 0.236 e. The highest BCUT2D eigenvalue weighted by atomic mass is 35.5. The van der Waals surface area contributed by atoms with E-state index >= 15 is 0 Å². The van der Waals surface area contributed by atoms with Crippen LogP contribution in [0.15, 0.2) is 6.33 Å². The van der Waals surface area contributed by atoms with Gasteiger partial charge in [0.2, 0.25) is 5.88 Å². The highest BCUT2D eigenvalue weighted by Crippen LogP contribution is 2.23. The zero-order valence-corrected chi connectivity index (χ0v) is 9.17. The van der Waals surface area contributed by atoms with Gasteiger partial charge in [-0.3, -0.25) is 0 Å². The van der Waals surface area contributed by atoms with Gasteiger partial charge < -0.3 is 9.84 Å². The molecule has 0 spiro atoms. The molecule has 14 heavy (non-hydrogen) atoms. The number of hydrogen-bond acceptors (Lipinski definition) is 4. The molecule has 1 aromatic rings. The van der Waals surface area contributed by atoms with Crippen molar-refractivity contribution in [3.8, 4) is 5.88 Å². The molecule has 78 valence electrons. The van der Waals surface area contributed by atoms with Gasteiger partial charge in [-0.15, -0.1) is 0 Å². The Labute approximate surface area is 87.9 Å². The van der Waals surface area contributed by atoms with Gasteiger partial charge in [-0.05, 0) is 20.8 Å². The monoisotopic (exact) mass is 216 g/mol. The van der Waals surface area contributed by atoms with E-state index in [1.165, 1.54) is 6.33 Å². The lowest BCUT2D eigenvalue weighted by molar-refractivity contribution is 0.0268. The van der Waals surface area contributed by atoms with Gasteiger partial charge >= 0.3 is 0 Å². The van der Waals surface area contributed by atoms with Crippen LogP contribution in [0.25, 0.3) is 0 Å². The first-order chi connectivity index (χ1) is 6.40. The van der Waals surface area contributed by atoms with Crippen molar-refractivity contribution >= 4 is 11.6 Å². The molecule has 1 rings (SSSR count). The van der Waals surface area contributed by atoms with Gasteiger partial charge in [0.05, 0.1) is 11.3 Å². The predicted molar refractivity (Wildman–Crippen MR) is 53.6 cm³/mol. The second kappa shape index (κ2) is 4.11. The van der Waals surface area contributed by atoms with Gasteiger partial charge in [-0.2, -0.15) is 0 Å². The van der Waals surface area contributed by atoms with Gasteiger partial charge in [0, 0.05) is 0 Å². The molecule has 0 saturated heterocycles. The Bertz CT molecular complexity index is 323. The van der Waals surface area contributed by atoms with Crippen LogP contribution in [0.1, 0.15) is 19.5 Å². The fourth-order valence-corrected chi connectivity index (χ4v) is 0.934. The molecule has 0 fully saturated rings. The van der Waals surface area contributed by atoms with Gasteiger partial charge in [0.25, 0.3) is 0 Å². The number of aromatic nitrogens is 2. The van der Waals surface area contributed by atoms with Crippen LogP contribution in [-0.4, -0.2) is 27.3 Å². The predicted octanol–water partition coefficient (Wildman–Crippen LogP) is 1.59. The van der Waals surface area contributed by atoms with Crippen molar-refractivity contribution in [1.29, 1.82) is 0 Å². The molecule has 0 aliphatic rings. The minimum absolute atomic E-state index is 0.142. The van der Waals surface area contributed by atoms with Crippen LogP contribution >= 0.6 is 11.6 Å². The van der Waals surface area contributed by atoms with Crippen molar-refractivity contribution in [3.05, 3.63) is 17.0 Å². The molecule has 0 bridgehead atoms. The summed E-state index contributed by atoms with van der Waals surface area (Å²) in [5, 5.41) is 9.81. The van der Waals surface area contributed by atoms with Crippen LogP contribution < -0.4 is 4.74 Å². The summed E-state index contributed by atoms with van der Waals surface area (Å²) in [6.45, 7) is 5.20. The third-order valence-corrected chi connectivity index (χ3v) is 1.93. The first-order valence-corrected chi connectivity index (χ1v) is 4.60. The fourth-order valence-electron chi connectivity index (χ4n) is 0.782. The lowest BCUT2D eigenvalue weighted by Crippen LogP contribution is -2.28. The van der Waals surface area contributed by atoms with E-state index in [1.807, 2.05) is 0 Å². The molecule has 0 unspecified atom stereocenters. The van der Waals surface area contributed by atoms with E-state index in [9.17, 15) is 5.11 Å². The molecule has 0 aliphatic heterocycles. The maximum Gasteiger partial charge on any atom is 0.236 e. The standard InChI is InChI=1S/C9H13ClN2O2/c1-6-7(10)8(12-5-11-6)14-4-9(2,3)13/h5,13H,4H2,1-3H3. The number of ether oxygens (including phenoxy) is 1. The van der Waals surface area contributed by atoms with E-state index in [0.717, 1.165) is 0 Å². The molecule has 0 amide bonds. The Morgan fingerprint density at radius 1 is 1.50 bits per heavy atom. The maximum atomic E-state index is 9.43. The van der Waals surface area contributed by atoms with Crippen molar-refractivity contribution in [2.45, 2.75) is 26.4 Å². The summed E-state index contributed by atoms with van der Waals surface area (Å²) in [5.74, 6) is 0.307. The highest BCUT2D eigenvalue weighted by molar-refractivity contribution is 6.32. The summed E-state index contributed by atoms with van der Waals surface area (Å²) >= 11 is 5.89. The molecular weight excluding hydrogens is 204 g/mol. The summed E-state index contributed by atoms with van der Waals surface area (Å²) in [6, 6.07) is 0. The lowest BCUT2D eigenvalue weighted by atomic mass is 10.2. The van der Waals surface area contributed by atoms with Crippen molar-refractivity contribution in [2.24, 2.45) is 0 Å². The van der Waals surface area contributed by atoms with Gasteiger partial charge in [0.15, 0.2) is 0 Å². The molecule has 1 N–H and O–H groups in total. The van der Waals surface area contributed by atoms with Crippen LogP contribution in [-0.2, 0) is 0 Å². The molecule has 1 heterocycles. The number of aliphatic hydroxyl groups is 1. The van der Waals surface area contributed by atoms with Crippen LogP contribution in [0.2, 0.25) is 5.02 Å². The first-order valence-electron chi connectivity index (χ1n) is 4.22. The Morgan fingerprint density at radius 3 is 2.71 bits per heavy atom. The number of hydrogen-bond donors (Lipinski definition) is 1. The summed E-state index contributed by atoms with van der Waals surface area (Å²) in [4.78, 5) is 7.76. The zero-order valence-electron chi connectivity index (χ0n) is 8.41. The molecule has 0 aromatic carbocycles. The van der Waals surface area contributed by atoms with Gasteiger partial charge in [-0.25, -0.2) is 9.97 Å². The van der Waals surface area contributed by atoms with Crippen LogP contribution in [0.4, 0.5) is 0 Å². The summed E-state index contributed by atoms with van der Waals surface area (Å²) in [6.07, 6.45) is 1.38. The quantitative estimate of drug-likeness (QED) is 0.834. The maximum absolute atomic E-state index is 9.43. The molecule has 4 nitrogen and oxygen atoms in total. The van der Waals surface area contributed by atoms with E-state index in [4.69, 9.17) is 16.3 Å². The molecule has 0 atom stereocenters. The third-order valence-electron chi connectivity index (χ3n) is 1.49. The molecule has 0 aliphatic carbocycles.